The van der Waals surface area contributed by atoms with Crippen LogP contribution in [-0.4, -0.2) is 26.4 Å². The molecule has 0 saturated carbocycles. The van der Waals surface area contributed by atoms with Gasteiger partial charge in [-0.05, 0) is 35.7 Å². The van der Waals surface area contributed by atoms with Gasteiger partial charge >= 0.3 is 0 Å². The quantitative estimate of drug-likeness (QED) is 0.286. The highest BCUT2D eigenvalue weighted by molar-refractivity contribution is 7.99. The fourth-order valence-corrected chi connectivity index (χ4v) is 3.94. The van der Waals surface area contributed by atoms with Gasteiger partial charge in [0.2, 0.25) is 5.91 Å². The fraction of sp³-hybridized carbons (Fsp3) is 0.125. The van der Waals surface area contributed by atoms with Crippen molar-refractivity contribution in [3.05, 3.63) is 91.0 Å². The summed E-state index contributed by atoms with van der Waals surface area (Å²) in [6.07, 6.45) is 1.73. The Morgan fingerprint density at radius 3 is 2.69 bits per heavy atom. The van der Waals surface area contributed by atoms with Crippen molar-refractivity contribution in [1.29, 1.82) is 0 Å². The Morgan fingerprint density at radius 2 is 1.88 bits per heavy atom. The van der Waals surface area contributed by atoms with Gasteiger partial charge in [-0.15, -0.1) is 16.8 Å². The van der Waals surface area contributed by atoms with E-state index in [1.165, 1.54) is 23.9 Å². The van der Waals surface area contributed by atoms with Crippen molar-refractivity contribution in [3.63, 3.8) is 0 Å². The summed E-state index contributed by atoms with van der Waals surface area (Å²) < 4.78 is 20.6. The molecule has 162 valence electrons. The van der Waals surface area contributed by atoms with Crippen LogP contribution >= 0.6 is 11.8 Å². The number of hydrogen-bond donors (Lipinski definition) is 1. The Morgan fingerprint density at radius 1 is 1.09 bits per heavy atom. The monoisotopic (exact) mass is 448 g/mol. The number of aromatic nitrogens is 3. The first-order valence-corrected chi connectivity index (χ1v) is 10.9. The van der Waals surface area contributed by atoms with E-state index in [1.54, 1.807) is 18.2 Å². The number of carbonyl (C=O) groups is 1. The highest BCUT2D eigenvalue weighted by atomic mass is 32.2. The molecule has 0 aliphatic rings. The third-order valence-electron chi connectivity index (χ3n) is 4.68. The number of hydrogen-bond acceptors (Lipinski definition) is 5. The van der Waals surface area contributed by atoms with E-state index in [0.29, 0.717) is 23.3 Å². The van der Waals surface area contributed by atoms with Crippen LogP contribution in [0.5, 0.6) is 5.75 Å². The summed E-state index contributed by atoms with van der Waals surface area (Å²) in [6.45, 7) is 4.41. The van der Waals surface area contributed by atoms with Crippen LogP contribution in [0.3, 0.4) is 0 Å². The predicted octanol–water partition coefficient (Wildman–Crippen LogP) is 5.07. The van der Waals surface area contributed by atoms with Crippen molar-refractivity contribution >= 4 is 34.1 Å². The van der Waals surface area contributed by atoms with Gasteiger partial charge in [-0.2, -0.15) is 0 Å². The lowest BCUT2D eigenvalue weighted by Gasteiger charge is -2.10. The number of ether oxygens (including phenoxy) is 1. The number of allylic oxidation sites excluding steroid dienone is 1. The molecule has 0 saturated heterocycles. The van der Waals surface area contributed by atoms with Crippen molar-refractivity contribution in [2.24, 2.45) is 0 Å². The van der Waals surface area contributed by atoms with Crippen molar-refractivity contribution in [1.82, 2.24) is 14.8 Å². The van der Waals surface area contributed by atoms with Crippen LogP contribution in [0.1, 0.15) is 5.82 Å². The molecule has 6 nitrogen and oxygen atoms in total. The smallest absolute Gasteiger partial charge is 0.234 e. The molecule has 0 unspecified atom stereocenters. The lowest BCUT2D eigenvalue weighted by atomic mass is 10.1. The number of nitrogens with zero attached hydrogens (tertiary/aromatic N) is 3. The molecule has 1 amide bonds. The number of fused-ring (bicyclic) bond motifs is 1. The van der Waals surface area contributed by atoms with E-state index in [0.717, 1.165) is 16.5 Å². The molecule has 0 radical (unpaired) electrons. The molecule has 4 rings (SSSR count). The van der Waals surface area contributed by atoms with E-state index in [4.69, 9.17) is 4.74 Å². The van der Waals surface area contributed by atoms with Crippen LogP contribution in [0.2, 0.25) is 0 Å². The Kier molecular flexibility index (Phi) is 6.81. The number of halogens is 1. The second-order valence-electron chi connectivity index (χ2n) is 6.90. The van der Waals surface area contributed by atoms with Gasteiger partial charge in [0.25, 0.3) is 0 Å². The molecule has 32 heavy (non-hydrogen) atoms. The molecule has 1 heterocycles. The normalized spacial score (nSPS) is 10.8. The molecule has 3 aromatic carbocycles. The van der Waals surface area contributed by atoms with Crippen molar-refractivity contribution in [2.45, 2.75) is 18.3 Å². The lowest BCUT2D eigenvalue weighted by Crippen LogP contribution is -2.15. The molecule has 8 heteroatoms. The number of anilines is 1. The first-order valence-electron chi connectivity index (χ1n) is 9.96. The van der Waals surface area contributed by atoms with E-state index in [9.17, 15) is 9.18 Å². The molecule has 0 aliphatic heterocycles. The molecule has 0 spiro atoms. The van der Waals surface area contributed by atoms with E-state index in [1.807, 2.05) is 47.0 Å². The van der Waals surface area contributed by atoms with Crippen molar-refractivity contribution in [3.8, 4) is 5.75 Å². The molecule has 0 bridgehead atoms. The number of benzene rings is 3. The largest absolute Gasteiger partial charge is 0.486 e. The number of nitrogens with one attached hydrogen (secondary N) is 1. The summed E-state index contributed by atoms with van der Waals surface area (Å²) in [5, 5.41) is 14.0. The zero-order chi connectivity index (χ0) is 22.3. The molecular weight excluding hydrogens is 427 g/mol. The first-order chi connectivity index (χ1) is 15.6. The van der Waals surface area contributed by atoms with Gasteiger partial charge in [-0.25, -0.2) is 4.39 Å². The third-order valence-corrected chi connectivity index (χ3v) is 5.65. The van der Waals surface area contributed by atoms with E-state index in [-0.39, 0.29) is 24.1 Å². The summed E-state index contributed by atoms with van der Waals surface area (Å²) in [4.78, 5) is 12.6. The minimum atomic E-state index is -0.326. The Bertz CT molecular complexity index is 1240. The third kappa shape index (κ3) is 5.15. The van der Waals surface area contributed by atoms with Gasteiger partial charge in [0, 0.05) is 17.6 Å². The zero-order valence-corrected chi connectivity index (χ0v) is 18.0. The maximum atomic E-state index is 13.1. The minimum absolute atomic E-state index is 0.136. The number of amides is 1. The topological polar surface area (TPSA) is 69.0 Å². The zero-order valence-electron chi connectivity index (χ0n) is 17.2. The van der Waals surface area contributed by atoms with E-state index in [2.05, 4.69) is 22.1 Å². The van der Waals surface area contributed by atoms with Crippen LogP contribution in [0, 0.1) is 5.82 Å². The van der Waals surface area contributed by atoms with Gasteiger partial charge in [0.05, 0.1) is 5.75 Å². The Labute approximate surface area is 189 Å². The molecule has 4 aromatic rings. The summed E-state index contributed by atoms with van der Waals surface area (Å²) in [7, 11) is 0. The summed E-state index contributed by atoms with van der Waals surface area (Å²) in [5.41, 5.74) is 0.773. The van der Waals surface area contributed by atoms with Crippen molar-refractivity contribution < 1.29 is 13.9 Å². The molecule has 0 aliphatic carbocycles. The number of carbonyl (C=O) groups excluding carboxylic acids is 1. The predicted molar refractivity (Wildman–Crippen MR) is 124 cm³/mol. The standard InChI is InChI=1S/C24H21FN4O2S/c1-2-14-29-22(15-31-19-12-10-18(25)11-13-19)27-28-24(29)32-16-23(30)26-21-9-5-7-17-6-3-4-8-20(17)21/h2-13H,1,14-16H2,(H,26,30). The maximum absolute atomic E-state index is 13.1. The molecule has 1 N–H and O–H groups in total. The second-order valence-corrected chi connectivity index (χ2v) is 7.85. The van der Waals surface area contributed by atoms with Gasteiger partial charge in [-0.1, -0.05) is 54.2 Å². The molecular formula is C24H21FN4O2S. The number of rotatable bonds is 9. The maximum Gasteiger partial charge on any atom is 0.234 e. The minimum Gasteiger partial charge on any atom is -0.486 e. The fourth-order valence-electron chi connectivity index (χ4n) is 3.17. The highest BCUT2D eigenvalue weighted by Gasteiger charge is 2.15. The highest BCUT2D eigenvalue weighted by Crippen LogP contribution is 2.24. The second kappa shape index (κ2) is 10.1. The van der Waals surface area contributed by atoms with Crippen LogP contribution in [0.15, 0.2) is 84.5 Å². The van der Waals surface area contributed by atoms with E-state index >= 15 is 0 Å². The molecule has 0 fully saturated rings. The summed E-state index contributed by atoms with van der Waals surface area (Å²) >= 11 is 1.29. The summed E-state index contributed by atoms with van der Waals surface area (Å²) in [6, 6.07) is 19.5. The number of thioether (sulfide) groups is 1. The molecule has 1 aromatic heterocycles. The van der Waals surface area contributed by atoms with Gasteiger partial charge in [-0.3, -0.25) is 9.36 Å². The van der Waals surface area contributed by atoms with Gasteiger partial charge in [0.15, 0.2) is 11.0 Å². The van der Waals surface area contributed by atoms with E-state index < -0.39 is 0 Å². The SMILES string of the molecule is C=CCn1c(COc2ccc(F)cc2)nnc1SCC(=O)Nc1cccc2ccccc12. The van der Waals surface area contributed by atoms with Crippen LogP contribution in [0.4, 0.5) is 10.1 Å². The average molecular weight is 449 g/mol. The molecule has 0 atom stereocenters. The van der Waals surface area contributed by atoms with Crippen molar-refractivity contribution in [2.75, 3.05) is 11.1 Å². The van der Waals surface area contributed by atoms with Crippen LogP contribution in [-0.2, 0) is 17.9 Å². The lowest BCUT2D eigenvalue weighted by molar-refractivity contribution is -0.113. The Hall–Kier alpha value is -3.65. The first kappa shape index (κ1) is 21.6. The van der Waals surface area contributed by atoms with Crippen LogP contribution < -0.4 is 10.1 Å². The Balaban J connectivity index is 1.40. The van der Waals surface area contributed by atoms with Gasteiger partial charge in [0.1, 0.15) is 18.2 Å². The summed E-state index contributed by atoms with van der Waals surface area (Å²) in [5.74, 6) is 0.836. The van der Waals surface area contributed by atoms with Crippen LogP contribution in [0.25, 0.3) is 10.8 Å². The van der Waals surface area contributed by atoms with Gasteiger partial charge < -0.3 is 10.1 Å². The average Bonchev–Trinajstić information content (AvgIpc) is 3.19.